The van der Waals surface area contributed by atoms with Gasteiger partial charge in [-0.1, -0.05) is 18.2 Å². The van der Waals surface area contributed by atoms with Gasteiger partial charge in [-0.25, -0.2) is 4.79 Å². The fourth-order valence-electron chi connectivity index (χ4n) is 2.34. The highest BCUT2D eigenvalue weighted by Crippen LogP contribution is 2.18. The summed E-state index contributed by atoms with van der Waals surface area (Å²) >= 11 is 0. The van der Waals surface area contributed by atoms with E-state index >= 15 is 0 Å². The number of ether oxygens (including phenoxy) is 2. The molecule has 1 fully saturated rings. The zero-order valence-electron chi connectivity index (χ0n) is 10.9. The molecule has 1 aliphatic heterocycles. The van der Waals surface area contributed by atoms with Crippen LogP contribution in [0.4, 0.5) is 0 Å². The second-order valence-electron chi connectivity index (χ2n) is 4.53. The standard InChI is InChI=1S/C14H19NO3/c1-17-12-7-8-15(10-12)9-11-5-3-4-6-13(11)14(16)18-2/h3-6,12H,7-10H2,1-2H3. The number of benzene rings is 1. The average Bonchev–Trinajstić information content (AvgIpc) is 2.86. The molecule has 0 spiro atoms. The molecule has 1 aliphatic rings. The first-order chi connectivity index (χ1) is 8.74. The average molecular weight is 249 g/mol. The summed E-state index contributed by atoms with van der Waals surface area (Å²) in [6.45, 7) is 2.70. The summed E-state index contributed by atoms with van der Waals surface area (Å²) in [6, 6.07) is 7.60. The van der Waals surface area contributed by atoms with Gasteiger partial charge in [0.15, 0.2) is 0 Å². The van der Waals surface area contributed by atoms with Crippen molar-refractivity contribution in [2.24, 2.45) is 0 Å². The maximum Gasteiger partial charge on any atom is 0.338 e. The zero-order chi connectivity index (χ0) is 13.0. The van der Waals surface area contributed by atoms with E-state index in [1.54, 1.807) is 7.11 Å². The van der Waals surface area contributed by atoms with Crippen molar-refractivity contribution in [2.45, 2.75) is 19.1 Å². The van der Waals surface area contributed by atoms with E-state index in [0.717, 1.165) is 31.6 Å². The minimum absolute atomic E-state index is 0.270. The Hall–Kier alpha value is -1.39. The molecule has 2 rings (SSSR count). The molecule has 0 aromatic heterocycles. The van der Waals surface area contributed by atoms with E-state index in [9.17, 15) is 4.79 Å². The largest absolute Gasteiger partial charge is 0.465 e. The monoisotopic (exact) mass is 249 g/mol. The Labute approximate surface area is 107 Å². The second kappa shape index (κ2) is 5.98. The molecule has 4 heteroatoms. The molecule has 0 bridgehead atoms. The van der Waals surface area contributed by atoms with Crippen molar-refractivity contribution < 1.29 is 14.3 Å². The summed E-state index contributed by atoms with van der Waals surface area (Å²) in [5.41, 5.74) is 1.67. The number of carbonyl (C=O) groups is 1. The molecule has 1 aromatic carbocycles. The van der Waals surface area contributed by atoms with Gasteiger partial charge in [0.1, 0.15) is 0 Å². The third-order valence-corrected chi connectivity index (χ3v) is 3.38. The smallest absolute Gasteiger partial charge is 0.338 e. The van der Waals surface area contributed by atoms with Gasteiger partial charge in [-0.2, -0.15) is 0 Å². The van der Waals surface area contributed by atoms with Crippen molar-refractivity contribution >= 4 is 5.97 Å². The van der Waals surface area contributed by atoms with E-state index < -0.39 is 0 Å². The minimum Gasteiger partial charge on any atom is -0.465 e. The number of esters is 1. The first-order valence-corrected chi connectivity index (χ1v) is 6.16. The van der Waals surface area contributed by atoms with Gasteiger partial charge in [-0.15, -0.1) is 0 Å². The Morgan fingerprint density at radius 2 is 2.17 bits per heavy atom. The molecule has 1 heterocycles. The molecule has 1 unspecified atom stereocenters. The SMILES string of the molecule is COC(=O)c1ccccc1CN1CCC(OC)C1. The number of methoxy groups -OCH3 is 2. The molecule has 1 saturated heterocycles. The van der Waals surface area contributed by atoms with Crippen LogP contribution in [0, 0.1) is 0 Å². The predicted octanol–water partition coefficient (Wildman–Crippen LogP) is 1.69. The Kier molecular flexibility index (Phi) is 4.33. The van der Waals surface area contributed by atoms with Gasteiger partial charge in [0.25, 0.3) is 0 Å². The molecule has 4 nitrogen and oxygen atoms in total. The summed E-state index contributed by atoms with van der Waals surface area (Å²) in [5.74, 6) is -0.270. The van der Waals surface area contributed by atoms with Crippen molar-refractivity contribution in [1.29, 1.82) is 0 Å². The summed E-state index contributed by atoms with van der Waals surface area (Å²) in [4.78, 5) is 14.0. The second-order valence-corrected chi connectivity index (χ2v) is 4.53. The summed E-state index contributed by atoms with van der Waals surface area (Å²) in [5, 5.41) is 0. The van der Waals surface area contributed by atoms with Gasteiger partial charge >= 0.3 is 5.97 Å². The Balaban J connectivity index is 2.07. The quantitative estimate of drug-likeness (QED) is 0.761. The van der Waals surface area contributed by atoms with E-state index in [1.165, 1.54) is 7.11 Å². The summed E-state index contributed by atoms with van der Waals surface area (Å²) < 4.78 is 10.1. The van der Waals surface area contributed by atoms with Crippen LogP contribution in [0.3, 0.4) is 0 Å². The zero-order valence-corrected chi connectivity index (χ0v) is 10.9. The third-order valence-electron chi connectivity index (χ3n) is 3.38. The third kappa shape index (κ3) is 2.89. The van der Waals surface area contributed by atoms with E-state index in [0.29, 0.717) is 11.7 Å². The molecular formula is C14H19NO3. The van der Waals surface area contributed by atoms with Crippen molar-refractivity contribution in [3.8, 4) is 0 Å². The van der Waals surface area contributed by atoms with Crippen molar-refractivity contribution in [3.63, 3.8) is 0 Å². The molecule has 98 valence electrons. The number of likely N-dealkylation sites (tertiary alicyclic amines) is 1. The Morgan fingerprint density at radius 3 is 2.83 bits per heavy atom. The lowest BCUT2D eigenvalue weighted by molar-refractivity contribution is 0.0598. The Bertz CT molecular complexity index is 419. The van der Waals surface area contributed by atoms with Crippen LogP contribution in [0.25, 0.3) is 0 Å². The van der Waals surface area contributed by atoms with Crippen LogP contribution in [-0.4, -0.2) is 44.3 Å². The highest BCUT2D eigenvalue weighted by molar-refractivity contribution is 5.90. The number of nitrogens with zero attached hydrogens (tertiary/aromatic N) is 1. The van der Waals surface area contributed by atoms with Gasteiger partial charge in [-0.05, 0) is 18.1 Å². The van der Waals surface area contributed by atoms with Gasteiger partial charge in [0.2, 0.25) is 0 Å². The first kappa shape index (κ1) is 13.1. The summed E-state index contributed by atoms with van der Waals surface area (Å²) in [6.07, 6.45) is 1.37. The lowest BCUT2D eigenvalue weighted by atomic mass is 10.1. The molecule has 1 aromatic rings. The normalized spacial score (nSPS) is 20.0. The summed E-state index contributed by atoms with van der Waals surface area (Å²) in [7, 11) is 3.16. The van der Waals surface area contributed by atoms with Crippen LogP contribution in [0.5, 0.6) is 0 Å². The van der Waals surface area contributed by atoms with Crippen LogP contribution in [0.15, 0.2) is 24.3 Å². The van der Waals surface area contributed by atoms with Crippen LogP contribution in [-0.2, 0) is 16.0 Å². The van der Waals surface area contributed by atoms with Crippen LogP contribution >= 0.6 is 0 Å². The number of rotatable bonds is 4. The van der Waals surface area contributed by atoms with E-state index in [-0.39, 0.29) is 5.97 Å². The molecule has 0 radical (unpaired) electrons. The molecule has 0 aliphatic carbocycles. The van der Waals surface area contributed by atoms with Crippen molar-refractivity contribution in [3.05, 3.63) is 35.4 Å². The molecule has 0 saturated carbocycles. The number of hydrogen-bond acceptors (Lipinski definition) is 4. The van der Waals surface area contributed by atoms with E-state index in [4.69, 9.17) is 9.47 Å². The Morgan fingerprint density at radius 1 is 1.39 bits per heavy atom. The van der Waals surface area contributed by atoms with Crippen LogP contribution < -0.4 is 0 Å². The number of carbonyl (C=O) groups excluding carboxylic acids is 1. The lowest BCUT2D eigenvalue weighted by Gasteiger charge is -2.17. The van der Waals surface area contributed by atoms with Gasteiger partial charge in [0, 0.05) is 26.7 Å². The number of hydrogen-bond donors (Lipinski definition) is 0. The van der Waals surface area contributed by atoms with Crippen molar-refractivity contribution in [2.75, 3.05) is 27.3 Å². The van der Waals surface area contributed by atoms with Crippen LogP contribution in [0.2, 0.25) is 0 Å². The minimum atomic E-state index is -0.270. The predicted molar refractivity (Wildman–Crippen MR) is 68.5 cm³/mol. The lowest BCUT2D eigenvalue weighted by Crippen LogP contribution is -2.23. The molecule has 18 heavy (non-hydrogen) atoms. The van der Waals surface area contributed by atoms with Gasteiger partial charge in [-0.3, -0.25) is 4.90 Å². The van der Waals surface area contributed by atoms with Gasteiger partial charge < -0.3 is 9.47 Å². The van der Waals surface area contributed by atoms with Crippen LogP contribution in [0.1, 0.15) is 22.3 Å². The van der Waals surface area contributed by atoms with Gasteiger partial charge in [0.05, 0.1) is 18.8 Å². The molecular weight excluding hydrogens is 230 g/mol. The first-order valence-electron chi connectivity index (χ1n) is 6.16. The fourth-order valence-corrected chi connectivity index (χ4v) is 2.34. The highest BCUT2D eigenvalue weighted by Gasteiger charge is 2.23. The fraction of sp³-hybridized carbons (Fsp3) is 0.500. The molecule has 1 atom stereocenters. The van der Waals surface area contributed by atoms with E-state index in [2.05, 4.69) is 4.90 Å². The maximum absolute atomic E-state index is 11.7. The highest BCUT2D eigenvalue weighted by atomic mass is 16.5. The molecule has 0 N–H and O–H groups in total. The molecule has 0 amide bonds. The topological polar surface area (TPSA) is 38.8 Å². The maximum atomic E-state index is 11.7. The van der Waals surface area contributed by atoms with E-state index in [1.807, 2.05) is 24.3 Å². The van der Waals surface area contributed by atoms with Crippen molar-refractivity contribution in [1.82, 2.24) is 4.90 Å².